The number of nitrogens with zero attached hydrogens (tertiary/aromatic N) is 1. The number of aromatic nitrogens is 1. The molecule has 5 heteroatoms. The number of rotatable bonds is 4. The van der Waals surface area contributed by atoms with Crippen molar-refractivity contribution in [2.24, 2.45) is 0 Å². The molecule has 0 atom stereocenters. The maximum atomic E-state index is 12.9. The molecule has 1 aliphatic carbocycles. The van der Waals surface area contributed by atoms with Crippen molar-refractivity contribution in [3.05, 3.63) is 72.1 Å². The van der Waals surface area contributed by atoms with Crippen LogP contribution in [-0.2, 0) is 0 Å². The van der Waals surface area contributed by atoms with Crippen LogP contribution in [0.25, 0.3) is 10.8 Å². The van der Waals surface area contributed by atoms with E-state index in [4.69, 9.17) is 0 Å². The van der Waals surface area contributed by atoms with Crippen molar-refractivity contribution in [3.8, 4) is 0 Å². The van der Waals surface area contributed by atoms with E-state index in [0.29, 0.717) is 16.8 Å². The third-order valence-electron chi connectivity index (χ3n) is 5.04. The van der Waals surface area contributed by atoms with E-state index in [0.717, 1.165) is 36.5 Å². The second-order valence-corrected chi connectivity index (χ2v) is 6.86. The lowest BCUT2D eigenvalue weighted by molar-refractivity contribution is 0.0938. The van der Waals surface area contributed by atoms with Gasteiger partial charge >= 0.3 is 0 Å². The number of nitrogens with one attached hydrogen (secondary N) is 2. The van der Waals surface area contributed by atoms with E-state index in [9.17, 15) is 9.59 Å². The first-order chi connectivity index (χ1) is 13.2. The minimum Gasteiger partial charge on any atom is -0.349 e. The lowest BCUT2D eigenvalue weighted by Gasteiger charge is -2.15. The molecule has 1 saturated carbocycles. The van der Waals surface area contributed by atoms with Crippen LogP contribution in [0.1, 0.15) is 46.4 Å². The molecule has 0 spiro atoms. The molecule has 3 aromatic rings. The molecule has 1 aliphatic rings. The van der Waals surface area contributed by atoms with Gasteiger partial charge < -0.3 is 10.6 Å². The average Bonchev–Trinajstić information content (AvgIpc) is 3.21. The van der Waals surface area contributed by atoms with Crippen molar-refractivity contribution in [1.29, 1.82) is 0 Å². The zero-order valence-electron chi connectivity index (χ0n) is 14.9. The molecule has 0 aliphatic heterocycles. The molecule has 0 bridgehead atoms. The molecule has 1 fully saturated rings. The third-order valence-corrected chi connectivity index (χ3v) is 5.04. The summed E-state index contributed by atoms with van der Waals surface area (Å²) in [7, 11) is 0. The van der Waals surface area contributed by atoms with E-state index < -0.39 is 0 Å². The van der Waals surface area contributed by atoms with Gasteiger partial charge in [0.15, 0.2) is 0 Å². The standard InChI is InChI=1S/C22H21N3O2/c26-21(18-11-5-7-15-6-1-4-10-17(15)18)25-20-12-13-23-14-19(20)22(27)24-16-8-2-3-9-16/h1,4-7,10-14,16H,2-3,8-9H2,(H,24,27)(H,23,25,26). The van der Waals surface area contributed by atoms with Crippen LogP contribution in [-0.4, -0.2) is 22.8 Å². The van der Waals surface area contributed by atoms with Crippen LogP contribution in [0.5, 0.6) is 0 Å². The lowest BCUT2D eigenvalue weighted by atomic mass is 10.0. The smallest absolute Gasteiger partial charge is 0.256 e. The van der Waals surface area contributed by atoms with Crippen LogP contribution in [0.15, 0.2) is 60.9 Å². The molecule has 5 nitrogen and oxygen atoms in total. The van der Waals surface area contributed by atoms with Crippen LogP contribution in [0.4, 0.5) is 5.69 Å². The van der Waals surface area contributed by atoms with Crippen LogP contribution in [0.3, 0.4) is 0 Å². The van der Waals surface area contributed by atoms with Crippen LogP contribution < -0.4 is 10.6 Å². The zero-order chi connectivity index (χ0) is 18.6. The average molecular weight is 359 g/mol. The Morgan fingerprint density at radius 2 is 1.67 bits per heavy atom. The quantitative estimate of drug-likeness (QED) is 0.735. The summed E-state index contributed by atoms with van der Waals surface area (Å²) in [5.41, 5.74) is 1.43. The van der Waals surface area contributed by atoms with Crippen molar-refractivity contribution >= 4 is 28.3 Å². The van der Waals surface area contributed by atoms with Gasteiger partial charge in [-0.1, -0.05) is 49.2 Å². The van der Waals surface area contributed by atoms with E-state index in [-0.39, 0.29) is 17.9 Å². The van der Waals surface area contributed by atoms with Gasteiger partial charge in [-0.2, -0.15) is 0 Å². The molecule has 2 N–H and O–H groups in total. The number of fused-ring (bicyclic) bond motifs is 1. The highest BCUT2D eigenvalue weighted by Crippen LogP contribution is 2.22. The Morgan fingerprint density at radius 3 is 2.52 bits per heavy atom. The molecule has 0 saturated heterocycles. The van der Waals surface area contributed by atoms with Gasteiger partial charge in [0, 0.05) is 24.0 Å². The summed E-state index contributed by atoms with van der Waals surface area (Å²) >= 11 is 0. The minimum atomic E-state index is -0.243. The topological polar surface area (TPSA) is 71.1 Å². The van der Waals surface area contributed by atoms with Crippen molar-refractivity contribution in [2.45, 2.75) is 31.7 Å². The number of carbonyl (C=O) groups is 2. The Kier molecular flexibility index (Phi) is 4.83. The van der Waals surface area contributed by atoms with E-state index in [1.807, 2.05) is 36.4 Å². The van der Waals surface area contributed by atoms with Crippen molar-refractivity contribution in [3.63, 3.8) is 0 Å². The summed E-state index contributed by atoms with van der Waals surface area (Å²) in [6.07, 6.45) is 7.37. The summed E-state index contributed by atoms with van der Waals surface area (Å²) in [5, 5.41) is 7.81. The first kappa shape index (κ1) is 17.2. The van der Waals surface area contributed by atoms with E-state index >= 15 is 0 Å². The van der Waals surface area contributed by atoms with Gasteiger partial charge in [0.2, 0.25) is 0 Å². The lowest BCUT2D eigenvalue weighted by Crippen LogP contribution is -2.33. The van der Waals surface area contributed by atoms with Crippen LogP contribution in [0, 0.1) is 0 Å². The molecule has 0 unspecified atom stereocenters. The minimum absolute atomic E-state index is 0.191. The maximum absolute atomic E-state index is 12.9. The Labute approximate surface area is 157 Å². The highest BCUT2D eigenvalue weighted by atomic mass is 16.2. The Balaban J connectivity index is 1.59. The highest BCUT2D eigenvalue weighted by molar-refractivity contribution is 6.14. The number of amides is 2. The number of pyridine rings is 1. The fourth-order valence-corrected chi connectivity index (χ4v) is 3.63. The molecular weight excluding hydrogens is 338 g/mol. The number of benzene rings is 2. The predicted molar refractivity (Wildman–Crippen MR) is 106 cm³/mol. The molecule has 2 aromatic carbocycles. The first-order valence-corrected chi connectivity index (χ1v) is 9.26. The van der Waals surface area contributed by atoms with Gasteiger partial charge in [-0.25, -0.2) is 0 Å². The van der Waals surface area contributed by atoms with Crippen LogP contribution >= 0.6 is 0 Å². The van der Waals surface area contributed by atoms with E-state index in [1.54, 1.807) is 18.3 Å². The SMILES string of the molecule is O=C(NC1CCCC1)c1cnccc1NC(=O)c1cccc2ccccc12. The largest absolute Gasteiger partial charge is 0.349 e. The fourth-order valence-electron chi connectivity index (χ4n) is 3.63. The summed E-state index contributed by atoms with van der Waals surface area (Å²) in [6, 6.07) is 15.2. The zero-order valence-corrected chi connectivity index (χ0v) is 14.9. The Morgan fingerprint density at radius 1 is 0.889 bits per heavy atom. The second kappa shape index (κ2) is 7.58. The molecule has 1 aromatic heterocycles. The van der Waals surface area contributed by atoms with Gasteiger partial charge in [0.25, 0.3) is 11.8 Å². The Hall–Kier alpha value is -3.21. The number of carbonyl (C=O) groups excluding carboxylic acids is 2. The van der Waals surface area contributed by atoms with Gasteiger partial charge in [-0.3, -0.25) is 14.6 Å². The highest BCUT2D eigenvalue weighted by Gasteiger charge is 2.21. The van der Waals surface area contributed by atoms with Crippen molar-refractivity contribution in [1.82, 2.24) is 10.3 Å². The number of anilines is 1. The van der Waals surface area contributed by atoms with Gasteiger partial charge in [0.1, 0.15) is 0 Å². The molecule has 2 amide bonds. The molecule has 4 rings (SSSR count). The predicted octanol–water partition coefficient (Wildman–Crippen LogP) is 4.16. The third kappa shape index (κ3) is 3.67. The van der Waals surface area contributed by atoms with Crippen molar-refractivity contribution in [2.75, 3.05) is 5.32 Å². The monoisotopic (exact) mass is 359 g/mol. The van der Waals surface area contributed by atoms with Crippen molar-refractivity contribution < 1.29 is 9.59 Å². The summed E-state index contributed by atoms with van der Waals surface area (Å²) in [6.45, 7) is 0. The van der Waals surface area contributed by atoms with Gasteiger partial charge in [-0.05, 0) is 35.7 Å². The fraction of sp³-hybridized carbons (Fsp3) is 0.227. The summed E-state index contributed by atoms with van der Waals surface area (Å²) in [4.78, 5) is 29.6. The first-order valence-electron chi connectivity index (χ1n) is 9.26. The number of hydrogen-bond acceptors (Lipinski definition) is 3. The van der Waals surface area contributed by atoms with Gasteiger partial charge in [-0.15, -0.1) is 0 Å². The summed E-state index contributed by atoms with van der Waals surface area (Å²) in [5.74, 6) is -0.434. The summed E-state index contributed by atoms with van der Waals surface area (Å²) < 4.78 is 0. The Bertz CT molecular complexity index is 988. The molecule has 27 heavy (non-hydrogen) atoms. The van der Waals surface area contributed by atoms with Crippen LogP contribution in [0.2, 0.25) is 0 Å². The van der Waals surface area contributed by atoms with E-state index in [2.05, 4.69) is 15.6 Å². The van der Waals surface area contributed by atoms with E-state index in [1.165, 1.54) is 6.20 Å². The van der Waals surface area contributed by atoms with Gasteiger partial charge in [0.05, 0.1) is 11.3 Å². The maximum Gasteiger partial charge on any atom is 0.256 e. The number of hydrogen-bond donors (Lipinski definition) is 2. The molecule has 1 heterocycles. The normalized spacial score (nSPS) is 14.2. The molecule has 0 radical (unpaired) electrons. The second-order valence-electron chi connectivity index (χ2n) is 6.86. The molecule has 136 valence electrons. The molecular formula is C22H21N3O2.